The van der Waals surface area contributed by atoms with Gasteiger partial charge in [-0.15, -0.1) is 0 Å². The first-order valence-electron chi connectivity index (χ1n) is 22.5. The molecule has 0 aromatic carbocycles. The van der Waals surface area contributed by atoms with E-state index in [0.29, 0.717) is 12.8 Å². The molecule has 0 aromatic heterocycles. The molecular weight excluding hydrogens is 691 g/mol. The van der Waals surface area contributed by atoms with E-state index in [9.17, 15) is 19.5 Å². The number of carbonyl (C=O) groups is 3. The SMILES string of the molecule is CCCCCCCC/C=C/C/C=C/CCC(=O)OC(COCCC(C(=O)[O-])[N+](C)(C)C)COC(=O)CCCCCCC/C=C/CCCCCCCCCCC. The Labute approximate surface area is 338 Å². The molecule has 0 saturated carbocycles. The zero-order valence-electron chi connectivity index (χ0n) is 36.3. The standard InChI is InChI=1S/C47H85NO7/c1-6-8-10-12-14-16-18-20-21-22-23-24-26-27-29-31-33-35-37-45(49)54-42-43(41-53-40-39-44(47(51)52)48(3,4)5)55-46(50)38-36-34-32-30-28-25-19-17-15-13-11-9-7-2/h23-25,28,32,34,43-44H,6-22,26-27,29-31,33,35-42H2,1-5H3/b24-23+,28-25+,34-32+. The van der Waals surface area contributed by atoms with Crippen molar-refractivity contribution in [2.75, 3.05) is 41.0 Å². The number of quaternary nitrogens is 1. The molecule has 0 radical (unpaired) electrons. The van der Waals surface area contributed by atoms with E-state index in [4.69, 9.17) is 14.2 Å². The summed E-state index contributed by atoms with van der Waals surface area (Å²) in [5.41, 5.74) is 0. The maximum atomic E-state index is 12.7. The van der Waals surface area contributed by atoms with Crippen LogP contribution in [0.4, 0.5) is 0 Å². The number of unbranched alkanes of at least 4 members (excludes halogenated alkanes) is 20. The minimum absolute atomic E-state index is 0.0167. The van der Waals surface area contributed by atoms with Crippen LogP contribution in [0.3, 0.4) is 0 Å². The predicted molar refractivity (Wildman–Crippen MR) is 227 cm³/mol. The molecule has 0 fully saturated rings. The third kappa shape index (κ3) is 36.9. The Morgan fingerprint density at radius 1 is 0.545 bits per heavy atom. The minimum atomic E-state index is -1.13. The molecule has 0 amide bonds. The van der Waals surface area contributed by atoms with Crippen molar-refractivity contribution in [3.05, 3.63) is 36.5 Å². The van der Waals surface area contributed by atoms with Gasteiger partial charge in [0.15, 0.2) is 6.10 Å². The summed E-state index contributed by atoms with van der Waals surface area (Å²) in [4.78, 5) is 36.8. The number of rotatable bonds is 40. The third-order valence-corrected chi connectivity index (χ3v) is 10.0. The number of aliphatic carboxylic acids is 1. The molecule has 0 heterocycles. The normalized spacial score (nSPS) is 13.3. The van der Waals surface area contributed by atoms with E-state index in [-0.39, 0.29) is 49.1 Å². The monoisotopic (exact) mass is 776 g/mol. The summed E-state index contributed by atoms with van der Waals surface area (Å²) in [6.45, 7) is 4.59. The van der Waals surface area contributed by atoms with Gasteiger partial charge in [0.1, 0.15) is 12.6 Å². The van der Waals surface area contributed by atoms with Gasteiger partial charge in [-0.05, 0) is 57.8 Å². The van der Waals surface area contributed by atoms with Gasteiger partial charge in [0, 0.05) is 19.3 Å². The van der Waals surface area contributed by atoms with Crippen molar-refractivity contribution in [3.8, 4) is 0 Å². The van der Waals surface area contributed by atoms with Crippen molar-refractivity contribution in [2.24, 2.45) is 0 Å². The van der Waals surface area contributed by atoms with Gasteiger partial charge in [0.2, 0.25) is 0 Å². The first kappa shape index (κ1) is 52.6. The zero-order valence-corrected chi connectivity index (χ0v) is 36.3. The number of carboxylic acid groups (broad SMARTS) is 1. The molecule has 2 unspecified atom stereocenters. The first-order valence-corrected chi connectivity index (χ1v) is 22.5. The van der Waals surface area contributed by atoms with Crippen molar-refractivity contribution < 1.29 is 38.2 Å². The Morgan fingerprint density at radius 3 is 1.49 bits per heavy atom. The Balaban J connectivity index is 4.38. The highest BCUT2D eigenvalue weighted by atomic mass is 16.6. The van der Waals surface area contributed by atoms with E-state index >= 15 is 0 Å². The Kier molecular flexibility index (Phi) is 36.7. The third-order valence-electron chi connectivity index (χ3n) is 10.0. The van der Waals surface area contributed by atoms with Crippen LogP contribution in [-0.4, -0.2) is 75.5 Å². The number of esters is 2. The van der Waals surface area contributed by atoms with Crippen LogP contribution < -0.4 is 5.11 Å². The fraction of sp³-hybridized carbons (Fsp3) is 0.809. The second-order valence-corrected chi connectivity index (χ2v) is 16.3. The minimum Gasteiger partial charge on any atom is -0.544 e. The number of carboxylic acids is 1. The van der Waals surface area contributed by atoms with Crippen LogP contribution in [0.25, 0.3) is 0 Å². The lowest BCUT2D eigenvalue weighted by atomic mass is 10.1. The number of hydrogen-bond donors (Lipinski definition) is 0. The second kappa shape index (κ2) is 38.4. The van der Waals surface area contributed by atoms with Crippen molar-refractivity contribution in [1.29, 1.82) is 0 Å². The van der Waals surface area contributed by atoms with Crippen LogP contribution in [-0.2, 0) is 28.6 Å². The molecule has 0 rings (SSSR count). The summed E-state index contributed by atoms with van der Waals surface area (Å²) < 4.78 is 17.1. The molecule has 320 valence electrons. The molecule has 0 bridgehead atoms. The average molecular weight is 776 g/mol. The van der Waals surface area contributed by atoms with E-state index < -0.39 is 18.1 Å². The summed E-state index contributed by atoms with van der Waals surface area (Å²) in [6, 6.07) is -0.734. The molecule has 0 aliphatic rings. The Bertz CT molecular complexity index is 1000. The van der Waals surface area contributed by atoms with Crippen LogP contribution in [0.5, 0.6) is 0 Å². The van der Waals surface area contributed by atoms with Gasteiger partial charge in [0.05, 0.1) is 40.3 Å². The fourth-order valence-corrected chi connectivity index (χ4v) is 6.47. The zero-order chi connectivity index (χ0) is 40.7. The largest absolute Gasteiger partial charge is 0.544 e. The van der Waals surface area contributed by atoms with Crippen molar-refractivity contribution >= 4 is 17.9 Å². The highest BCUT2D eigenvalue weighted by molar-refractivity contribution is 5.70. The van der Waals surface area contributed by atoms with Gasteiger partial charge >= 0.3 is 11.9 Å². The van der Waals surface area contributed by atoms with E-state index in [1.807, 2.05) is 6.08 Å². The van der Waals surface area contributed by atoms with Crippen LogP contribution in [0.15, 0.2) is 36.5 Å². The lowest BCUT2D eigenvalue weighted by molar-refractivity contribution is -0.889. The lowest BCUT2D eigenvalue weighted by Gasteiger charge is -2.34. The van der Waals surface area contributed by atoms with Crippen molar-refractivity contribution in [3.63, 3.8) is 0 Å². The molecule has 2 atom stereocenters. The summed E-state index contributed by atoms with van der Waals surface area (Å²) in [6.07, 6.45) is 43.3. The molecule has 55 heavy (non-hydrogen) atoms. The summed E-state index contributed by atoms with van der Waals surface area (Å²) in [7, 11) is 5.39. The molecule has 0 aliphatic heterocycles. The maximum absolute atomic E-state index is 12.7. The number of hydrogen-bond acceptors (Lipinski definition) is 7. The Morgan fingerprint density at radius 2 is 1.00 bits per heavy atom. The molecule has 0 N–H and O–H groups in total. The summed E-state index contributed by atoms with van der Waals surface area (Å²) >= 11 is 0. The van der Waals surface area contributed by atoms with E-state index in [2.05, 4.69) is 44.2 Å². The molecule has 0 aromatic rings. The van der Waals surface area contributed by atoms with Gasteiger partial charge in [-0.3, -0.25) is 9.59 Å². The van der Waals surface area contributed by atoms with Gasteiger partial charge in [0.25, 0.3) is 0 Å². The predicted octanol–water partition coefficient (Wildman–Crippen LogP) is 10.9. The average Bonchev–Trinajstić information content (AvgIpc) is 3.14. The smallest absolute Gasteiger partial charge is 0.306 e. The fourth-order valence-electron chi connectivity index (χ4n) is 6.47. The van der Waals surface area contributed by atoms with E-state index in [1.165, 1.54) is 109 Å². The van der Waals surface area contributed by atoms with E-state index in [0.717, 1.165) is 44.9 Å². The van der Waals surface area contributed by atoms with Gasteiger partial charge in [-0.1, -0.05) is 153 Å². The number of likely N-dealkylation sites (N-methyl/N-ethyl adjacent to an activating group) is 1. The molecule has 8 nitrogen and oxygen atoms in total. The van der Waals surface area contributed by atoms with Gasteiger partial charge in [-0.25, -0.2) is 0 Å². The highest BCUT2D eigenvalue weighted by Gasteiger charge is 2.25. The number of carbonyl (C=O) groups excluding carboxylic acids is 3. The number of nitrogens with zero attached hydrogens (tertiary/aromatic N) is 1. The quantitative estimate of drug-likeness (QED) is 0.0264. The molecule has 0 spiro atoms. The van der Waals surface area contributed by atoms with Crippen molar-refractivity contribution in [1.82, 2.24) is 0 Å². The molecule has 0 aliphatic carbocycles. The van der Waals surface area contributed by atoms with Crippen LogP contribution in [0.2, 0.25) is 0 Å². The maximum Gasteiger partial charge on any atom is 0.306 e. The van der Waals surface area contributed by atoms with Gasteiger partial charge in [-0.2, -0.15) is 0 Å². The Hall–Kier alpha value is -2.45. The van der Waals surface area contributed by atoms with Crippen LogP contribution >= 0.6 is 0 Å². The number of ether oxygens (including phenoxy) is 3. The van der Waals surface area contributed by atoms with Crippen LogP contribution in [0, 0.1) is 0 Å². The topological polar surface area (TPSA) is 102 Å². The summed E-state index contributed by atoms with van der Waals surface area (Å²) in [5, 5.41) is 11.6. The first-order chi connectivity index (χ1) is 26.6. The molecule has 0 saturated heterocycles. The van der Waals surface area contributed by atoms with Crippen molar-refractivity contribution in [2.45, 2.75) is 206 Å². The number of allylic oxidation sites excluding steroid dienone is 6. The molecular formula is C47H85NO7. The summed E-state index contributed by atoms with van der Waals surface area (Å²) in [5.74, 6) is -1.83. The molecule has 8 heteroatoms. The lowest BCUT2D eigenvalue weighted by Crippen LogP contribution is -2.55. The van der Waals surface area contributed by atoms with E-state index in [1.54, 1.807) is 21.1 Å². The van der Waals surface area contributed by atoms with Crippen LogP contribution in [0.1, 0.15) is 194 Å². The second-order valence-electron chi connectivity index (χ2n) is 16.3. The van der Waals surface area contributed by atoms with Gasteiger partial charge < -0.3 is 28.6 Å². The highest BCUT2D eigenvalue weighted by Crippen LogP contribution is 2.13.